The molecule has 1 fully saturated rings. The van der Waals surface area contributed by atoms with Gasteiger partial charge in [0.05, 0.1) is 5.69 Å². The molecule has 0 aromatic heterocycles. The van der Waals surface area contributed by atoms with Gasteiger partial charge in [-0.1, -0.05) is 50.5 Å². The fourth-order valence-corrected chi connectivity index (χ4v) is 3.27. The number of piperazine rings is 1. The van der Waals surface area contributed by atoms with E-state index in [1.54, 1.807) is 6.07 Å². The van der Waals surface area contributed by atoms with Gasteiger partial charge in [-0.15, -0.1) is 0 Å². The molecule has 2 unspecified atom stereocenters. The molecule has 0 saturated carbocycles. The Kier molecular flexibility index (Phi) is 4.99. The van der Waals surface area contributed by atoms with E-state index in [1.807, 2.05) is 12.1 Å². The van der Waals surface area contributed by atoms with Crippen molar-refractivity contribution >= 4 is 21.6 Å². The highest BCUT2D eigenvalue weighted by atomic mass is 79.9. The van der Waals surface area contributed by atoms with E-state index in [-0.39, 0.29) is 11.2 Å². The minimum absolute atomic E-state index is 0.149. The van der Waals surface area contributed by atoms with E-state index < -0.39 is 0 Å². The summed E-state index contributed by atoms with van der Waals surface area (Å²) in [4.78, 5) is 2.25. The Morgan fingerprint density at radius 2 is 2.00 bits per heavy atom. The topological polar surface area (TPSA) is 15.3 Å². The van der Waals surface area contributed by atoms with E-state index in [9.17, 15) is 4.39 Å². The highest BCUT2D eigenvalue weighted by Gasteiger charge is 2.36. The maximum Gasteiger partial charge on any atom is 0.147 e. The van der Waals surface area contributed by atoms with E-state index in [1.165, 1.54) is 0 Å². The monoisotopic (exact) mass is 356 g/mol. The van der Waals surface area contributed by atoms with Gasteiger partial charge in [0.15, 0.2) is 0 Å². The van der Waals surface area contributed by atoms with Gasteiger partial charge in [0, 0.05) is 29.6 Å². The Morgan fingerprint density at radius 3 is 2.52 bits per heavy atom. The molecule has 2 atom stereocenters. The molecule has 1 aromatic rings. The van der Waals surface area contributed by atoms with Crippen molar-refractivity contribution in [2.24, 2.45) is 11.3 Å². The van der Waals surface area contributed by atoms with Gasteiger partial charge in [-0.2, -0.15) is 0 Å². The van der Waals surface area contributed by atoms with Crippen LogP contribution in [0.25, 0.3) is 0 Å². The Bertz CT molecular complexity index is 496. The standard InChI is InChI=1S/C17H26BrFN2/c1-11(2)15-9-20-16(17(3,4)5)10-21(15)14-7-6-12(18)8-13(14)19/h6-8,11,15-16,20H,9-10H2,1-5H3. The molecule has 0 bridgehead atoms. The summed E-state index contributed by atoms with van der Waals surface area (Å²) in [5.74, 6) is 0.325. The lowest BCUT2D eigenvalue weighted by atomic mass is 9.83. The van der Waals surface area contributed by atoms with Gasteiger partial charge < -0.3 is 10.2 Å². The molecular formula is C17H26BrFN2. The van der Waals surface area contributed by atoms with Crippen LogP contribution < -0.4 is 10.2 Å². The third kappa shape index (κ3) is 3.78. The lowest BCUT2D eigenvalue weighted by molar-refractivity contribution is 0.220. The second kappa shape index (κ2) is 6.25. The Labute approximate surface area is 136 Å². The molecule has 1 aromatic carbocycles. The zero-order chi connectivity index (χ0) is 15.8. The zero-order valence-electron chi connectivity index (χ0n) is 13.6. The predicted octanol–water partition coefficient (Wildman–Crippen LogP) is 4.44. The summed E-state index contributed by atoms with van der Waals surface area (Å²) in [6.07, 6.45) is 0. The molecule has 1 aliphatic heterocycles. The molecule has 0 radical (unpaired) electrons. The van der Waals surface area contributed by atoms with Crippen molar-refractivity contribution in [3.8, 4) is 0 Å². The first-order valence-corrected chi connectivity index (χ1v) is 8.44. The van der Waals surface area contributed by atoms with Crippen LogP contribution >= 0.6 is 15.9 Å². The van der Waals surface area contributed by atoms with Gasteiger partial charge in [0.2, 0.25) is 0 Å². The Hall–Kier alpha value is -0.610. The molecule has 1 N–H and O–H groups in total. The molecule has 0 spiro atoms. The number of anilines is 1. The van der Waals surface area contributed by atoms with E-state index in [0.29, 0.717) is 23.7 Å². The second-order valence-corrected chi connectivity index (χ2v) is 8.30. The van der Waals surface area contributed by atoms with Crippen molar-refractivity contribution in [3.05, 3.63) is 28.5 Å². The first kappa shape index (κ1) is 16.8. The summed E-state index contributed by atoms with van der Waals surface area (Å²) < 4.78 is 15.2. The van der Waals surface area contributed by atoms with E-state index in [0.717, 1.165) is 17.6 Å². The maximum absolute atomic E-state index is 14.4. The van der Waals surface area contributed by atoms with E-state index >= 15 is 0 Å². The second-order valence-electron chi connectivity index (χ2n) is 7.39. The number of rotatable bonds is 2. The maximum atomic E-state index is 14.4. The van der Waals surface area contributed by atoms with Crippen LogP contribution in [0.5, 0.6) is 0 Å². The van der Waals surface area contributed by atoms with Crippen LogP contribution in [0.2, 0.25) is 0 Å². The van der Waals surface area contributed by atoms with E-state index in [4.69, 9.17) is 0 Å². The van der Waals surface area contributed by atoms with Crippen LogP contribution in [0.1, 0.15) is 34.6 Å². The van der Waals surface area contributed by atoms with Gasteiger partial charge in [-0.05, 0) is 29.5 Å². The first-order chi connectivity index (χ1) is 9.70. The van der Waals surface area contributed by atoms with Crippen LogP contribution in [0.15, 0.2) is 22.7 Å². The van der Waals surface area contributed by atoms with Gasteiger partial charge in [-0.3, -0.25) is 0 Å². The van der Waals surface area contributed by atoms with Crippen LogP contribution in [0.4, 0.5) is 10.1 Å². The van der Waals surface area contributed by atoms with Crippen LogP contribution in [0.3, 0.4) is 0 Å². The number of hydrogen-bond acceptors (Lipinski definition) is 2. The zero-order valence-corrected chi connectivity index (χ0v) is 15.2. The van der Waals surface area contributed by atoms with Crippen molar-refractivity contribution in [1.82, 2.24) is 5.32 Å². The number of nitrogens with zero attached hydrogens (tertiary/aromatic N) is 1. The van der Waals surface area contributed by atoms with Gasteiger partial charge >= 0.3 is 0 Å². The average Bonchev–Trinajstić information content (AvgIpc) is 2.37. The van der Waals surface area contributed by atoms with E-state index in [2.05, 4.69) is 60.8 Å². The molecule has 0 aliphatic carbocycles. The highest BCUT2D eigenvalue weighted by molar-refractivity contribution is 9.10. The Balaban J connectivity index is 2.34. The number of nitrogens with one attached hydrogen (secondary N) is 1. The Morgan fingerprint density at radius 1 is 1.33 bits per heavy atom. The first-order valence-electron chi connectivity index (χ1n) is 7.65. The van der Waals surface area contributed by atoms with Crippen LogP contribution in [-0.2, 0) is 0 Å². The number of benzene rings is 1. The lowest BCUT2D eigenvalue weighted by Crippen LogP contribution is -2.62. The van der Waals surface area contributed by atoms with Crippen LogP contribution in [-0.4, -0.2) is 25.2 Å². The smallest absolute Gasteiger partial charge is 0.147 e. The third-order valence-electron chi connectivity index (χ3n) is 4.39. The molecular weight excluding hydrogens is 331 g/mol. The fourth-order valence-electron chi connectivity index (χ4n) is 2.94. The minimum atomic E-state index is -0.149. The van der Waals surface area contributed by atoms with Crippen molar-refractivity contribution in [3.63, 3.8) is 0 Å². The third-order valence-corrected chi connectivity index (χ3v) is 4.88. The molecule has 0 amide bonds. The molecule has 21 heavy (non-hydrogen) atoms. The molecule has 1 saturated heterocycles. The van der Waals surface area contributed by atoms with Crippen molar-refractivity contribution in [2.75, 3.05) is 18.0 Å². The summed E-state index contributed by atoms with van der Waals surface area (Å²) in [5, 5.41) is 3.65. The molecule has 4 heteroatoms. The normalized spacial score (nSPS) is 23.7. The number of hydrogen-bond donors (Lipinski definition) is 1. The highest BCUT2D eigenvalue weighted by Crippen LogP contribution is 2.32. The molecule has 118 valence electrons. The largest absolute Gasteiger partial charge is 0.363 e. The van der Waals surface area contributed by atoms with Crippen LogP contribution in [0, 0.1) is 17.2 Å². The van der Waals surface area contributed by atoms with Gasteiger partial charge in [0.25, 0.3) is 0 Å². The van der Waals surface area contributed by atoms with Crippen molar-refractivity contribution in [1.29, 1.82) is 0 Å². The molecule has 1 heterocycles. The summed E-state index contributed by atoms with van der Waals surface area (Å²) in [6, 6.07) is 6.04. The van der Waals surface area contributed by atoms with Crippen molar-refractivity contribution in [2.45, 2.75) is 46.7 Å². The lowest BCUT2D eigenvalue weighted by Gasteiger charge is -2.47. The average molecular weight is 357 g/mol. The summed E-state index contributed by atoms with van der Waals surface area (Å²) in [5.41, 5.74) is 0.874. The fraction of sp³-hybridized carbons (Fsp3) is 0.647. The molecule has 1 aliphatic rings. The quantitative estimate of drug-likeness (QED) is 0.842. The van der Waals surface area contributed by atoms with Crippen molar-refractivity contribution < 1.29 is 4.39 Å². The molecule has 2 rings (SSSR count). The number of halogens is 2. The van der Waals surface area contributed by atoms with Gasteiger partial charge in [0.1, 0.15) is 5.82 Å². The summed E-state index contributed by atoms with van der Waals surface area (Å²) in [7, 11) is 0. The minimum Gasteiger partial charge on any atom is -0.363 e. The molecule has 2 nitrogen and oxygen atoms in total. The van der Waals surface area contributed by atoms with Gasteiger partial charge in [-0.25, -0.2) is 4.39 Å². The SMILES string of the molecule is CC(C)C1CNC(C(C)(C)C)CN1c1ccc(Br)cc1F. The summed E-state index contributed by atoms with van der Waals surface area (Å²) >= 11 is 3.34. The summed E-state index contributed by atoms with van der Waals surface area (Å²) in [6.45, 7) is 12.8. The predicted molar refractivity (Wildman–Crippen MR) is 91.3 cm³/mol.